The van der Waals surface area contributed by atoms with Crippen LogP contribution in [-0.2, 0) is 6.18 Å². The summed E-state index contributed by atoms with van der Waals surface area (Å²) in [4.78, 5) is 0.878. The third-order valence-electron chi connectivity index (χ3n) is 3.13. The van der Waals surface area contributed by atoms with E-state index in [4.69, 9.17) is 5.73 Å². The van der Waals surface area contributed by atoms with E-state index in [-0.39, 0.29) is 5.56 Å². The summed E-state index contributed by atoms with van der Waals surface area (Å²) in [6.07, 6.45) is -2.88. The van der Waals surface area contributed by atoms with Crippen molar-refractivity contribution in [1.82, 2.24) is 0 Å². The molecule has 1 nitrogen and oxygen atoms in total. The lowest BCUT2D eigenvalue weighted by atomic mass is 9.97. The maximum Gasteiger partial charge on any atom is 0.419 e. The van der Waals surface area contributed by atoms with Gasteiger partial charge in [0.15, 0.2) is 0 Å². The van der Waals surface area contributed by atoms with E-state index in [0.29, 0.717) is 5.56 Å². The molecule has 0 saturated carbocycles. The number of halogens is 4. The number of benzene rings is 2. The predicted octanol–water partition coefficient (Wildman–Crippen LogP) is 4.61. The predicted molar refractivity (Wildman–Crippen MR) is 75.7 cm³/mol. The number of nitrogens with two attached hydrogens (primary N) is 1. The molecule has 0 radical (unpaired) electrons. The summed E-state index contributed by atoms with van der Waals surface area (Å²) in [6.45, 7) is 0. The first-order valence-corrected chi connectivity index (χ1v) is 7.32. The van der Waals surface area contributed by atoms with Crippen LogP contribution >= 0.6 is 11.8 Å². The molecule has 0 bridgehead atoms. The van der Waals surface area contributed by atoms with Crippen LogP contribution in [0.2, 0.25) is 0 Å². The van der Waals surface area contributed by atoms with Crippen molar-refractivity contribution in [2.45, 2.75) is 17.1 Å². The first-order valence-electron chi connectivity index (χ1n) is 6.09. The fraction of sp³-hybridized carbons (Fsp3) is 0.200. The van der Waals surface area contributed by atoms with Gasteiger partial charge in [0.1, 0.15) is 5.82 Å². The minimum atomic E-state index is -4.74. The van der Waals surface area contributed by atoms with Crippen molar-refractivity contribution in [3.63, 3.8) is 0 Å². The molecule has 0 amide bonds. The third-order valence-corrected chi connectivity index (χ3v) is 3.94. The molecule has 0 aliphatic carbocycles. The van der Waals surface area contributed by atoms with Gasteiger partial charge in [-0.25, -0.2) is 4.39 Å². The molecule has 2 aromatic rings. The van der Waals surface area contributed by atoms with Gasteiger partial charge in [0.05, 0.1) is 11.6 Å². The number of hydrogen-bond acceptors (Lipinski definition) is 2. The Morgan fingerprint density at radius 1 is 1.10 bits per heavy atom. The van der Waals surface area contributed by atoms with Gasteiger partial charge in [-0.15, -0.1) is 11.8 Å². The molecule has 6 heteroatoms. The van der Waals surface area contributed by atoms with Gasteiger partial charge in [-0.2, -0.15) is 13.2 Å². The molecular formula is C15H13F4NS. The minimum absolute atomic E-state index is 0.227. The van der Waals surface area contributed by atoms with Crippen molar-refractivity contribution in [1.29, 1.82) is 0 Å². The number of rotatable bonds is 3. The first-order chi connectivity index (χ1) is 9.84. The molecule has 0 aliphatic rings. The molecule has 112 valence electrons. The highest BCUT2D eigenvalue weighted by atomic mass is 32.2. The number of hydrogen-bond donors (Lipinski definition) is 1. The second kappa shape index (κ2) is 6.07. The molecule has 0 fully saturated rings. The lowest BCUT2D eigenvalue weighted by Crippen LogP contribution is -2.15. The molecular weight excluding hydrogens is 302 g/mol. The summed E-state index contributed by atoms with van der Waals surface area (Å²) >= 11 is 1.46. The van der Waals surface area contributed by atoms with Gasteiger partial charge >= 0.3 is 6.18 Å². The maximum absolute atomic E-state index is 13.3. The summed E-state index contributed by atoms with van der Waals surface area (Å²) in [5.74, 6) is -1.29. The Morgan fingerprint density at radius 2 is 1.76 bits per heavy atom. The SMILES string of the molecule is CSc1ccccc1C(N)c1ccc(F)c(C(F)(F)F)c1. The van der Waals surface area contributed by atoms with Crippen LogP contribution in [0.5, 0.6) is 0 Å². The minimum Gasteiger partial charge on any atom is -0.320 e. The van der Waals surface area contributed by atoms with Crippen LogP contribution in [0.25, 0.3) is 0 Å². The highest BCUT2D eigenvalue weighted by molar-refractivity contribution is 7.98. The lowest BCUT2D eigenvalue weighted by Gasteiger charge is -2.17. The van der Waals surface area contributed by atoms with E-state index in [1.807, 2.05) is 18.4 Å². The molecule has 0 heterocycles. The quantitative estimate of drug-likeness (QED) is 0.661. The van der Waals surface area contributed by atoms with Crippen LogP contribution in [0.1, 0.15) is 22.7 Å². The molecule has 2 aromatic carbocycles. The Morgan fingerprint density at radius 3 is 2.38 bits per heavy atom. The van der Waals surface area contributed by atoms with Gasteiger partial charge in [0.2, 0.25) is 0 Å². The Labute approximate surface area is 124 Å². The maximum atomic E-state index is 13.3. The smallest absolute Gasteiger partial charge is 0.320 e. The van der Waals surface area contributed by atoms with E-state index < -0.39 is 23.6 Å². The Hall–Kier alpha value is -1.53. The normalized spacial score (nSPS) is 13.2. The zero-order valence-corrected chi connectivity index (χ0v) is 11.9. The topological polar surface area (TPSA) is 26.0 Å². The van der Waals surface area contributed by atoms with E-state index in [9.17, 15) is 17.6 Å². The summed E-state index contributed by atoms with van der Waals surface area (Å²) in [5, 5.41) is 0. The van der Waals surface area contributed by atoms with E-state index in [1.54, 1.807) is 12.1 Å². The van der Waals surface area contributed by atoms with Crippen molar-refractivity contribution in [3.8, 4) is 0 Å². The average molecular weight is 315 g/mol. The summed E-state index contributed by atoms with van der Waals surface area (Å²) in [5.41, 5.74) is 5.70. The molecule has 0 aromatic heterocycles. The van der Waals surface area contributed by atoms with Crippen molar-refractivity contribution < 1.29 is 17.6 Å². The molecule has 0 saturated heterocycles. The Bertz CT molecular complexity index is 640. The Kier molecular flexibility index (Phi) is 4.58. The van der Waals surface area contributed by atoms with E-state index in [0.717, 1.165) is 17.0 Å². The molecule has 1 atom stereocenters. The largest absolute Gasteiger partial charge is 0.419 e. The lowest BCUT2D eigenvalue weighted by molar-refractivity contribution is -0.140. The van der Waals surface area contributed by atoms with Gasteiger partial charge in [0, 0.05) is 4.90 Å². The zero-order chi connectivity index (χ0) is 15.6. The van der Waals surface area contributed by atoms with Crippen LogP contribution < -0.4 is 5.73 Å². The van der Waals surface area contributed by atoms with Gasteiger partial charge in [-0.05, 0) is 35.6 Å². The molecule has 2 N–H and O–H groups in total. The Balaban J connectivity index is 2.47. The standard InChI is InChI=1S/C15H13F4NS/c1-21-13-5-3-2-4-10(13)14(20)9-6-7-12(16)11(8-9)15(17,18)19/h2-8,14H,20H2,1H3. The summed E-state index contributed by atoms with van der Waals surface area (Å²) < 4.78 is 51.6. The van der Waals surface area contributed by atoms with Crippen molar-refractivity contribution in [3.05, 3.63) is 65.0 Å². The molecule has 1 unspecified atom stereocenters. The van der Waals surface area contributed by atoms with Gasteiger partial charge in [0.25, 0.3) is 0 Å². The van der Waals surface area contributed by atoms with Crippen molar-refractivity contribution in [2.75, 3.05) is 6.26 Å². The zero-order valence-electron chi connectivity index (χ0n) is 11.1. The van der Waals surface area contributed by atoms with E-state index >= 15 is 0 Å². The average Bonchev–Trinajstić information content (AvgIpc) is 2.45. The monoisotopic (exact) mass is 315 g/mol. The molecule has 2 rings (SSSR count). The third kappa shape index (κ3) is 3.39. The summed E-state index contributed by atoms with van der Waals surface area (Å²) in [7, 11) is 0. The number of alkyl halides is 3. The van der Waals surface area contributed by atoms with Crippen LogP contribution in [0.3, 0.4) is 0 Å². The van der Waals surface area contributed by atoms with Crippen LogP contribution in [0.15, 0.2) is 47.4 Å². The van der Waals surface area contributed by atoms with Crippen LogP contribution in [-0.4, -0.2) is 6.26 Å². The molecule has 0 aliphatic heterocycles. The number of thioether (sulfide) groups is 1. The van der Waals surface area contributed by atoms with Gasteiger partial charge < -0.3 is 5.73 Å². The second-order valence-electron chi connectivity index (χ2n) is 4.46. The first kappa shape index (κ1) is 15.9. The van der Waals surface area contributed by atoms with Crippen molar-refractivity contribution in [2.24, 2.45) is 5.73 Å². The van der Waals surface area contributed by atoms with Crippen molar-refractivity contribution >= 4 is 11.8 Å². The van der Waals surface area contributed by atoms with E-state index in [1.165, 1.54) is 17.8 Å². The van der Waals surface area contributed by atoms with Gasteiger partial charge in [-0.1, -0.05) is 24.3 Å². The fourth-order valence-electron chi connectivity index (χ4n) is 2.06. The van der Waals surface area contributed by atoms with Crippen LogP contribution in [0.4, 0.5) is 17.6 Å². The van der Waals surface area contributed by atoms with Gasteiger partial charge in [-0.3, -0.25) is 0 Å². The molecule has 21 heavy (non-hydrogen) atoms. The molecule has 0 spiro atoms. The van der Waals surface area contributed by atoms with E-state index in [2.05, 4.69) is 0 Å². The summed E-state index contributed by atoms with van der Waals surface area (Å²) in [6, 6.07) is 9.32. The van der Waals surface area contributed by atoms with Crippen LogP contribution in [0, 0.1) is 5.82 Å². The highest BCUT2D eigenvalue weighted by Gasteiger charge is 2.34. The highest BCUT2D eigenvalue weighted by Crippen LogP contribution is 2.35. The second-order valence-corrected chi connectivity index (χ2v) is 5.30. The fourth-order valence-corrected chi connectivity index (χ4v) is 2.70.